The molecule has 1 heterocycles. The molecule has 0 bridgehead atoms. The number of halogens is 5. The minimum atomic E-state index is -4.71. The Balaban J connectivity index is 2.54. The topological polar surface area (TPSA) is 92.3 Å². The number of allylic oxidation sites excluding steroid dienone is 3. The molecule has 1 saturated heterocycles. The Morgan fingerprint density at radius 3 is 2.50 bits per heavy atom. The van der Waals surface area contributed by atoms with Crippen LogP contribution in [0.1, 0.15) is 51.7 Å². The zero-order valence-electron chi connectivity index (χ0n) is 25.1. The summed E-state index contributed by atoms with van der Waals surface area (Å²) in [4.78, 5) is 22.9. The van der Waals surface area contributed by atoms with E-state index in [9.17, 15) is 26.7 Å². The summed E-state index contributed by atoms with van der Waals surface area (Å²) in [5.74, 6) is -5.20. The van der Waals surface area contributed by atoms with Gasteiger partial charge in [0.1, 0.15) is 17.1 Å². The number of nitrogens with one attached hydrogen (secondary N) is 1. The largest absolute Gasteiger partial charge is 0.481 e. The lowest BCUT2D eigenvalue weighted by atomic mass is 9.87. The van der Waals surface area contributed by atoms with Gasteiger partial charge in [0.05, 0.1) is 19.7 Å². The molecule has 0 aliphatic carbocycles. The number of alkyl halides is 5. The Hall–Kier alpha value is -3.70. The van der Waals surface area contributed by atoms with E-state index < -0.39 is 54.4 Å². The van der Waals surface area contributed by atoms with Crippen molar-refractivity contribution in [3.05, 3.63) is 64.1 Å². The molecule has 3 N–H and O–H groups in total. The predicted octanol–water partition coefficient (Wildman–Crippen LogP) is 6.02. The van der Waals surface area contributed by atoms with Gasteiger partial charge in [-0.1, -0.05) is 49.8 Å². The normalized spacial score (nSPS) is 21.2. The molecule has 0 spiro atoms. The fraction of sp³-hybridized carbons (Fsp3) is 0.500. The Labute approximate surface area is 244 Å². The van der Waals surface area contributed by atoms with Crippen LogP contribution in [0.5, 0.6) is 0 Å². The number of rotatable bonds is 9. The second-order valence-electron chi connectivity index (χ2n) is 10.3. The molecule has 2 rings (SSSR count). The average molecular weight is 598 g/mol. The second kappa shape index (κ2) is 14.5. The van der Waals surface area contributed by atoms with Crippen molar-refractivity contribution in [2.45, 2.75) is 65.6 Å². The van der Waals surface area contributed by atoms with Crippen LogP contribution in [0.3, 0.4) is 0 Å². The first-order valence-electron chi connectivity index (χ1n) is 13.6. The molecule has 0 saturated carbocycles. The number of aliphatic imine (C=N–C) groups is 2. The molecule has 42 heavy (non-hydrogen) atoms. The number of nitrogens with zero attached hydrogens (tertiary/aromatic N) is 3. The highest BCUT2D eigenvalue weighted by atomic mass is 19.4. The third kappa shape index (κ3) is 8.65. The summed E-state index contributed by atoms with van der Waals surface area (Å²) in [5, 5.41) is 3.01. The van der Waals surface area contributed by atoms with E-state index in [1.807, 2.05) is 13.0 Å². The van der Waals surface area contributed by atoms with Crippen LogP contribution in [0.4, 0.5) is 22.0 Å². The highest BCUT2D eigenvalue weighted by molar-refractivity contribution is 6.18. The molecular formula is C30H40F5N5O2. The van der Waals surface area contributed by atoms with Crippen LogP contribution in [-0.2, 0) is 9.53 Å². The molecule has 1 aromatic rings. The SMILES string of the molecule is C\C=C(/C(=N\C(NCC1C(C)CC(F)(F)CN1C(=O)C(N)=C(C=NC)c1cccc(C)c1)=C(\C)CC)OC)C(F)(F)F. The summed E-state index contributed by atoms with van der Waals surface area (Å²) < 4.78 is 75.3. The van der Waals surface area contributed by atoms with E-state index in [4.69, 9.17) is 10.5 Å². The van der Waals surface area contributed by atoms with Crippen molar-refractivity contribution in [2.24, 2.45) is 21.6 Å². The van der Waals surface area contributed by atoms with E-state index in [-0.39, 0.29) is 18.1 Å². The highest BCUT2D eigenvalue weighted by Gasteiger charge is 2.46. The van der Waals surface area contributed by atoms with E-state index in [0.717, 1.165) is 23.6 Å². The Morgan fingerprint density at radius 1 is 1.31 bits per heavy atom. The maximum atomic E-state index is 14.8. The Bertz CT molecular complexity index is 1280. The van der Waals surface area contributed by atoms with Crippen molar-refractivity contribution < 1.29 is 31.5 Å². The lowest BCUT2D eigenvalue weighted by Gasteiger charge is -2.43. The number of aryl methyl sites for hydroxylation is 1. The monoisotopic (exact) mass is 597 g/mol. The molecule has 1 aliphatic rings. The van der Waals surface area contributed by atoms with E-state index in [0.29, 0.717) is 23.1 Å². The van der Waals surface area contributed by atoms with Gasteiger partial charge in [0.15, 0.2) is 0 Å². The average Bonchev–Trinajstić information content (AvgIpc) is 2.91. The summed E-state index contributed by atoms with van der Waals surface area (Å²) in [7, 11) is 2.59. The number of amides is 1. The van der Waals surface area contributed by atoms with Gasteiger partial charge < -0.3 is 20.7 Å². The number of piperidine rings is 1. The molecule has 2 unspecified atom stereocenters. The quantitative estimate of drug-likeness (QED) is 0.158. The number of likely N-dealkylation sites (tertiary alicyclic amines) is 1. The van der Waals surface area contributed by atoms with Gasteiger partial charge in [-0.2, -0.15) is 18.2 Å². The Morgan fingerprint density at radius 2 is 1.98 bits per heavy atom. The molecule has 232 valence electrons. The van der Waals surface area contributed by atoms with Gasteiger partial charge >= 0.3 is 6.18 Å². The third-order valence-corrected chi connectivity index (χ3v) is 7.09. The van der Waals surface area contributed by atoms with Gasteiger partial charge in [0.2, 0.25) is 5.90 Å². The molecule has 1 amide bonds. The Kier molecular flexibility index (Phi) is 11.9. The summed E-state index contributed by atoms with van der Waals surface area (Å²) in [5.41, 5.74) is 7.43. The zero-order chi connectivity index (χ0) is 31.8. The van der Waals surface area contributed by atoms with Crippen LogP contribution in [0, 0.1) is 12.8 Å². The predicted molar refractivity (Wildman–Crippen MR) is 156 cm³/mol. The van der Waals surface area contributed by atoms with Crippen molar-refractivity contribution in [3.8, 4) is 0 Å². The van der Waals surface area contributed by atoms with Gasteiger partial charge in [0, 0.05) is 31.8 Å². The molecule has 1 aliphatic heterocycles. The lowest BCUT2D eigenvalue weighted by Crippen LogP contribution is -2.59. The fourth-order valence-corrected chi connectivity index (χ4v) is 4.77. The number of nitrogens with two attached hydrogens (primary N) is 1. The number of methoxy groups -OCH3 is 1. The maximum absolute atomic E-state index is 14.8. The van der Waals surface area contributed by atoms with Crippen molar-refractivity contribution in [2.75, 3.05) is 27.2 Å². The smallest absolute Gasteiger partial charge is 0.421 e. The molecular weight excluding hydrogens is 557 g/mol. The molecule has 1 aromatic carbocycles. The number of ether oxygens (including phenoxy) is 1. The summed E-state index contributed by atoms with van der Waals surface area (Å²) >= 11 is 0. The maximum Gasteiger partial charge on any atom is 0.421 e. The molecule has 7 nitrogen and oxygen atoms in total. The van der Waals surface area contributed by atoms with Crippen LogP contribution in [-0.4, -0.2) is 68.3 Å². The zero-order valence-corrected chi connectivity index (χ0v) is 25.1. The standard InChI is InChI=1S/C30H40F5N5O2/c1-8-19(4)26(39-27(42-7)23(9-2)30(33,34)35)38-16-24-20(5)14-29(31,32)17-40(24)28(41)25(36)22(15-37-6)21-12-10-11-18(3)13-21/h9-13,15,20,24,38H,8,14,16-17,36H2,1-7H3/b23-9+,25-22?,26-19-,37-15?,39-27+. The van der Waals surface area contributed by atoms with Crippen molar-refractivity contribution in [3.63, 3.8) is 0 Å². The van der Waals surface area contributed by atoms with Crippen molar-refractivity contribution in [1.82, 2.24) is 10.2 Å². The van der Waals surface area contributed by atoms with Gasteiger partial charge in [0.25, 0.3) is 11.8 Å². The molecule has 2 atom stereocenters. The molecule has 0 aromatic heterocycles. The van der Waals surface area contributed by atoms with E-state index in [1.165, 1.54) is 20.2 Å². The first kappa shape index (κ1) is 34.5. The van der Waals surface area contributed by atoms with Gasteiger partial charge in [-0.15, -0.1) is 0 Å². The van der Waals surface area contributed by atoms with E-state index in [2.05, 4.69) is 15.3 Å². The van der Waals surface area contributed by atoms with Gasteiger partial charge in [-0.3, -0.25) is 9.79 Å². The fourth-order valence-electron chi connectivity index (χ4n) is 4.77. The minimum absolute atomic E-state index is 0.0672. The summed E-state index contributed by atoms with van der Waals surface area (Å²) in [6.45, 7) is 7.22. The highest BCUT2D eigenvalue weighted by Crippen LogP contribution is 2.35. The molecule has 1 fully saturated rings. The number of hydrogen-bond donors (Lipinski definition) is 2. The molecule has 12 heteroatoms. The van der Waals surface area contributed by atoms with Gasteiger partial charge in [-0.05, 0) is 44.2 Å². The van der Waals surface area contributed by atoms with Crippen LogP contribution in [0.15, 0.2) is 63.0 Å². The van der Waals surface area contributed by atoms with Crippen molar-refractivity contribution >= 4 is 23.6 Å². The number of carbonyl (C=O) groups excluding carboxylic acids is 1. The summed E-state index contributed by atoms with van der Waals surface area (Å²) in [6.07, 6.45) is -2.49. The van der Waals surface area contributed by atoms with Gasteiger partial charge in [-0.25, -0.2) is 8.78 Å². The van der Waals surface area contributed by atoms with Crippen LogP contribution >= 0.6 is 0 Å². The third-order valence-electron chi connectivity index (χ3n) is 7.09. The second-order valence-corrected chi connectivity index (χ2v) is 10.3. The first-order valence-corrected chi connectivity index (χ1v) is 13.6. The minimum Gasteiger partial charge on any atom is -0.481 e. The molecule has 0 radical (unpaired) electrons. The van der Waals surface area contributed by atoms with Crippen LogP contribution < -0.4 is 11.1 Å². The number of benzene rings is 1. The van der Waals surface area contributed by atoms with E-state index in [1.54, 1.807) is 39.0 Å². The number of carbonyl (C=O) groups is 1. The van der Waals surface area contributed by atoms with E-state index >= 15 is 0 Å². The van der Waals surface area contributed by atoms with Crippen molar-refractivity contribution in [1.29, 1.82) is 0 Å². The first-order chi connectivity index (χ1) is 19.6. The summed E-state index contributed by atoms with van der Waals surface area (Å²) in [6, 6.07) is 6.42. The van der Waals surface area contributed by atoms with Crippen LogP contribution in [0.25, 0.3) is 5.57 Å². The lowest BCUT2D eigenvalue weighted by molar-refractivity contribution is -0.148. The van der Waals surface area contributed by atoms with Crippen LogP contribution in [0.2, 0.25) is 0 Å². The number of hydrogen-bond acceptors (Lipinski definition) is 6.